The third-order valence-electron chi connectivity index (χ3n) is 3.03. The van der Waals surface area contributed by atoms with E-state index in [4.69, 9.17) is 17.3 Å². The van der Waals surface area contributed by atoms with E-state index in [0.29, 0.717) is 10.7 Å². The van der Waals surface area contributed by atoms with Crippen LogP contribution in [0.2, 0.25) is 0 Å². The number of aliphatic hydroxyl groups is 1. The van der Waals surface area contributed by atoms with Crippen molar-refractivity contribution >= 4 is 51.0 Å². The van der Waals surface area contributed by atoms with Gasteiger partial charge in [0.05, 0.1) is 4.92 Å². The Morgan fingerprint density at radius 1 is 1.08 bits per heavy atom. The number of anilines is 3. The van der Waals surface area contributed by atoms with Crippen LogP contribution in [0.1, 0.15) is 6.42 Å². The number of benzene rings is 2. The van der Waals surface area contributed by atoms with Crippen molar-refractivity contribution < 1.29 is 10.0 Å². The predicted octanol–water partition coefficient (Wildman–Crippen LogP) is 4.15. The highest BCUT2D eigenvalue weighted by molar-refractivity contribution is 8.23. The van der Waals surface area contributed by atoms with Gasteiger partial charge in [0.1, 0.15) is 4.32 Å². The molecule has 0 bridgehead atoms. The van der Waals surface area contributed by atoms with Crippen LogP contribution in [-0.2, 0) is 0 Å². The predicted molar refractivity (Wildman–Crippen MR) is 103 cm³/mol. The molecular weight excluding hydrogens is 346 g/mol. The summed E-state index contributed by atoms with van der Waals surface area (Å²) >= 11 is 6.72. The van der Waals surface area contributed by atoms with Gasteiger partial charge in [0, 0.05) is 41.6 Å². The molecule has 0 radical (unpaired) electrons. The van der Waals surface area contributed by atoms with Gasteiger partial charge in [0.25, 0.3) is 5.69 Å². The maximum Gasteiger partial charge on any atom is 0.269 e. The summed E-state index contributed by atoms with van der Waals surface area (Å²) in [4.78, 5) is 10.2. The van der Waals surface area contributed by atoms with E-state index in [1.54, 1.807) is 12.1 Å². The van der Waals surface area contributed by atoms with Crippen molar-refractivity contribution in [1.82, 2.24) is 0 Å². The van der Waals surface area contributed by atoms with Crippen LogP contribution < -0.4 is 10.6 Å². The van der Waals surface area contributed by atoms with Crippen LogP contribution >= 0.6 is 24.0 Å². The van der Waals surface area contributed by atoms with E-state index in [-0.39, 0.29) is 12.3 Å². The molecule has 0 aliphatic heterocycles. The summed E-state index contributed by atoms with van der Waals surface area (Å²) < 4.78 is 0.666. The SMILES string of the molecule is O=[N+]([O-])c1ccc(Nc2ccc(NC(=S)SCCCO)cc2)cc1. The quantitative estimate of drug-likeness (QED) is 0.295. The lowest BCUT2D eigenvalue weighted by molar-refractivity contribution is -0.384. The normalized spacial score (nSPS) is 10.2. The smallest absolute Gasteiger partial charge is 0.269 e. The molecule has 2 aromatic carbocycles. The average Bonchev–Trinajstić information content (AvgIpc) is 2.57. The van der Waals surface area contributed by atoms with Crippen molar-refractivity contribution in [3.63, 3.8) is 0 Å². The van der Waals surface area contributed by atoms with Crippen molar-refractivity contribution in [1.29, 1.82) is 0 Å². The molecule has 0 heterocycles. The molecule has 0 aromatic heterocycles. The third-order valence-corrected chi connectivity index (χ3v) is 4.35. The van der Waals surface area contributed by atoms with E-state index >= 15 is 0 Å². The number of thioether (sulfide) groups is 1. The molecule has 0 unspecified atom stereocenters. The summed E-state index contributed by atoms with van der Waals surface area (Å²) in [7, 11) is 0. The zero-order valence-corrected chi connectivity index (χ0v) is 14.4. The number of non-ortho nitro benzene ring substituents is 1. The van der Waals surface area contributed by atoms with Crippen molar-refractivity contribution in [3.8, 4) is 0 Å². The Labute approximate surface area is 149 Å². The summed E-state index contributed by atoms with van der Waals surface area (Å²) in [5.41, 5.74) is 2.59. The number of hydrogen-bond acceptors (Lipinski definition) is 6. The Bertz CT molecular complexity index is 691. The van der Waals surface area contributed by atoms with Gasteiger partial charge in [-0.2, -0.15) is 0 Å². The van der Waals surface area contributed by atoms with E-state index in [0.717, 1.165) is 22.8 Å². The van der Waals surface area contributed by atoms with Gasteiger partial charge in [-0.15, -0.1) is 0 Å². The van der Waals surface area contributed by atoms with Crippen LogP contribution in [0.15, 0.2) is 48.5 Å². The van der Waals surface area contributed by atoms with Crippen LogP contribution in [0, 0.1) is 10.1 Å². The Kier molecular flexibility index (Phi) is 6.98. The number of rotatable bonds is 7. The Morgan fingerprint density at radius 3 is 2.17 bits per heavy atom. The van der Waals surface area contributed by atoms with E-state index < -0.39 is 4.92 Å². The number of nitrogens with zero attached hydrogens (tertiary/aromatic N) is 1. The first kappa shape index (κ1) is 18.2. The summed E-state index contributed by atoms with van der Waals surface area (Å²) in [5.74, 6) is 0.780. The molecule has 8 heteroatoms. The van der Waals surface area contributed by atoms with Crippen LogP contribution in [0.3, 0.4) is 0 Å². The van der Waals surface area contributed by atoms with Gasteiger partial charge in [-0.05, 0) is 42.8 Å². The van der Waals surface area contributed by atoms with E-state index in [1.807, 2.05) is 24.3 Å². The number of nitro benzene ring substituents is 1. The molecule has 3 N–H and O–H groups in total. The van der Waals surface area contributed by atoms with Crippen molar-refractivity contribution in [2.45, 2.75) is 6.42 Å². The standard InChI is InChI=1S/C16H17N3O3S2/c20-10-1-11-24-16(23)18-14-4-2-12(3-5-14)17-13-6-8-15(9-7-13)19(21)22/h2-9,17,20H,1,10-11H2,(H,18,23). The summed E-state index contributed by atoms with van der Waals surface area (Å²) in [6.07, 6.45) is 0.713. The minimum Gasteiger partial charge on any atom is -0.396 e. The minimum atomic E-state index is -0.425. The fourth-order valence-corrected chi connectivity index (χ4v) is 2.87. The van der Waals surface area contributed by atoms with Crippen molar-refractivity contribution in [2.24, 2.45) is 0 Å². The topological polar surface area (TPSA) is 87.4 Å². The molecule has 0 amide bonds. The van der Waals surface area contributed by atoms with Crippen molar-refractivity contribution in [3.05, 3.63) is 58.6 Å². The number of thiocarbonyl (C=S) groups is 1. The fourth-order valence-electron chi connectivity index (χ4n) is 1.85. The second kappa shape index (κ2) is 9.21. The first-order valence-corrected chi connectivity index (χ1v) is 8.64. The van der Waals surface area contributed by atoms with E-state index in [2.05, 4.69) is 10.6 Å². The monoisotopic (exact) mass is 363 g/mol. The molecule has 6 nitrogen and oxygen atoms in total. The first-order valence-electron chi connectivity index (χ1n) is 7.24. The first-order chi connectivity index (χ1) is 11.6. The van der Waals surface area contributed by atoms with Crippen LogP contribution in [-0.4, -0.2) is 26.7 Å². The average molecular weight is 363 g/mol. The highest BCUT2D eigenvalue weighted by atomic mass is 32.2. The third kappa shape index (κ3) is 5.80. The molecule has 0 spiro atoms. The van der Waals surface area contributed by atoms with Gasteiger partial charge in [0.2, 0.25) is 0 Å². The lowest BCUT2D eigenvalue weighted by Gasteiger charge is -2.09. The Morgan fingerprint density at radius 2 is 1.62 bits per heavy atom. The van der Waals surface area contributed by atoms with Gasteiger partial charge < -0.3 is 15.7 Å². The lowest BCUT2D eigenvalue weighted by atomic mass is 10.2. The van der Waals surface area contributed by atoms with Gasteiger partial charge in [0.15, 0.2) is 0 Å². The maximum atomic E-state index is 10.6. The highest BCUT2D eigenvalue weighted by Crippen LogP contribution is 2.22. The lowest BCUT2D eigenvalue weighted by Crippen LogP contribution is -2.05. The van der Waals surface area contributed by atoms with Crippen molar-refractivity contribution in [2.75, 3.05) is 23.0 Å². The van der Waals surface area contributed by atoms with E-state index in [1.165, 1.54) is 23.9 Å². The van der Waals surface area contributed by atoms with Gasteiger partial charge >= 0.3 is 0 Å². The molecule has 0 saturated carbocycles. The van der Waals surface area contributed by atoms with Gasteiger partial charge in [-0.3, -0.25) is 10.1 Å². The van der Waals surface area contributed by atoms with Crippen LogP contribution in [0.25, 0.3) is 0 Å². The van der Waals surface area contributed by atoms with Gasteiger partial charge in [-0.1, -0.05) is 24.0 Å². The second-order valence-electron chi connectivity index (χ2n) is 4.84. The zero-order valence-electron chi connectivity index (χ0n) is 12.8. The molecule has 126 valence electrons. The number of nitro groups is 1. The van der Waals surface area contributed by atoms with Crippen LogP contribution in [0.4, 0.5) is 22.7 Å². The Balaban J connectivity index is 1.89. The largest absolute Gasteiger partial charge is 0.396 e. The fraction of sp³-hybridized carbons (Fsp3) is 0.188. The number of hydrogen-bond donors (Lipinski definition) is 3. The second-order valence-corrected chi connectivity index (χ2v) is 6.62. The highest BCUT2D eigenvalue weighted by Gasteiger charge is 2.04. The zero-order chi connectivity index (χ0) is 17.4. The molecular formula is C16H17N3O3S2. The molecule has 0 aliphatic carbocycles. The summed E-state index contributed by atoms with van der Waals surface area (Å²) in [6.45, 7) is 0.165. The van der Waals surface area contributed by atoms with E-state index in [9.17, 15) is 10.1 Å². The molecule has 2 aromatic rings. The van der Waals surface area contributed by atoms with Gasteiger partial charge in [-0.25, -0.2) is 0 Å². The number of aliphatic hydroxyl groups excluding tert-OH is 1. The molecule has 24 heavy (non-hydrogen) atoms. The minimum absolute atomic E-state index is 0.0623. The Hall–Kier alpha value is -2.16. The van der Waals surface area contributed by atoms with Crippen LogP contribution in [0.5, 0.6) is 0 Å². The summed E-state index contributed by atoms with van der Waals surface area (Å²) in [5, 5.41) is 25.7. The molecule has 2 rings (SSSR count). The molecule has 0 atom stereocenters. The molecule has 0 aliphatic rings. The number of nitrogens with one attached hydrogen (secondary N) is 2. The molecule has 0 saturated heterocycles. The molecule has 0 fully saturated rings. The summed E-state index contributed by atoms with van der Waals surface area (Å²) in [6, 6.07) is 13.8. The maximum absolute atomic E-state index is 10.6.